The van der Waals surface area contributed by atoms with Gasteiger partial charge in [0.2, 0.25) is 0 Å². The summed E-state index contributed by atoms with van der Waals surface area (Å²) in [5, 5.41) is 1.16. The lowest BCUT2D eigenvalue weighted by molar-refractivity contribution is 0.242. The monoisotopic (exact) mass is 282 g/mol. The Morgan fingerprint density at radius 3 is 2.46 bits per heavy atom. The fourth-order valence-electron chi connectivity index (χ4n) is 0.872. The number of benzene rings is 1. The first-order valence-corrected chi connectivity index (χ1v) is 5.37. The fraction of sp³-hybridized carbons (Fsp3) is 0.333. The zero-order valence-corrected chi connectivity index (χ0v) is 10.4. The Morgan fingerprint density at radius 2 is 1.92 bits per heavy atom. The van der Waals surface area contributed by atoms with E-state index in [4.69, 9.17) is 27.9 Å². The summed E-state index contributed by atoms with van der Waals surface area (Å²) in [6.07, 6.45) is 0.0860. The summed E-state index contributed by atoms with van der Waals surface area (Å²) in [5.74, 6) is 0.607. The molecule has 1 aromatic rings. The minimum Gasteiger partial charge on any atom is -0.489 e. The topological polar surface area (TPSA) is 9.23 Å². The van der Waals surface area contributed by atoms with Crippen molar-refractivity contribution in [3.63, 3.8) is 0 Å². The molecule has 13 heavy (non-hydrogen) atoms. The molecule has 0 unspecified atom stereocenters. The van der Waals surface area contributed by atoms with Crippen LogP contribution < -0.4 is 4.74 Å². The van der Waals surface area contributed by atoms with Crippen LogP contribution in [0, 0.1) is 0 Å². The first-order chi connectivity index (χ1) is 6.00. The van der Waals surface area contributed by atoms with E-state index in [1.165, 1.54) is 0 Å². The van der Waals surface area contributed by atoms with Gasteiger partial charge in [0.15, 0.2) is 0 Å². The van der Waals surface area contributed by atoms with Crippen LogP contribution in [0.5, 0.6) is 5.75 Å². The van der Waals surface area contributed by atoms with E-state index in [1.54, 1.807) is 12.1 Å². The summed E-state index contributed by atoms with van der Waals surface area (Å²) in [7, 11) is 0. The molecule has 72 valence electrons. The highest BCUT2D eigenvalue weighted by Crippen LogP contribution is 2.35. The Morgan fingerprint density at radius 1 is 1.31 bits per heavy atom. The van der Waals surface area contributed by atoms with Crippen LogP contribution in [-0.2, 0) is 0 Å². The number of halogens is 3. The quantitative estimate of drug-likeness (QED) is 0.724. The second kappa shape index (κ2) is 4.54. The van der Waals surface area contributed by atoms with E-state index in [0.29, 0.717) is 15.8 Å². The first-order valence-electron chi connectivity index (χ1n) is 3.82. The maximum Gasteiger partial charge on any atom is 0.140 e. The molecule has 0 atom stereocenters. The van der Waals surface area contributed by atoms with E-state index in [2.05, 4.69) is 15.9 Å². The lowest BCUT2D eigenvalue weighted by Crippen LogP contribution is -2.05. The number of hydrogen-bond donors (Lipinski definition) is 0. The van der Waals surface area contributed by atoms with Crippen molar-refractivity contribution >= 4 is 39.1 Å². The predicted molar refractivity (Wildman–Crippen MR) is 59.9 cm³/mol. The Bertz CT molecular complexity index is 313. The zero-order chi connectivity index (χ0) is 10.0. The number of hydrogen-bond acceptors (Lipinski definition) is 1. The maximum absolute atomic E-state index is 5.98. The molecule has 0 N–H and O–H groups in total. The van der Waals surface area contributed by atoms with Gasteiger partial charge in [-0.1, -0.05) is 23.2 Å². The molecule has 0 saturated heterocycles. The number of rotatable bonds is 2. The summed E-state index contributed by atoms with van der Waals surface area (Å²) in [4.78, 5) is 0. The highest BCUT2D eigenvalue weighted by molar-refractivity contribution is 9.10. The Labute approximate surface area is 96.1 Å². The molecule has 1 rings (SSSR count). The van der Waals surface area contributed by atoms with E-state index < -0.39 is 0 Å². The van der Waals surface area contributed by atoms with E-state index in [1.807, 2.05) is 13.8 Å². The molecule has 0 spiro atoms. The van der Waals surface area contributed by atoms with E-state index >= 15 is 0 Å². The Balaban J connectivity index is 3.05. The smallest absolute Gasteiger partial charge is 0.140 e. The third kappa shape index (κ3) is 3.04. The van der Waals surface area contributed by atoms with Crippen LogP contribution in [0.15, 0.2) is 16.6 Å². The third-order valence-electron chi connectivity index (χ3n) is 1.32. The molecule has 0 bridgehead atoms. The Hall–Kier alpha value is 0.0800. The van der Waals surface area contributed by atoms with Crippen LogP contribution in [0.25, 0.3) is 0 Å². The van der Waals surface area contributed by atoms with Crippen molar-refractivity contribution in [3.8, 4) is 5.75 Å². The lowest BCUT2D eigenvalue weighted by atomic mass is 10.3. The van der Waals surface area contributed by atoms with Gasteiger partial charge in [-0.3, -0.25) is 0 Å². The summed E-state index contributed by atoms with van der Waals surface area (Å²) in [6, 6.07) is 3.44. The van der Waals surface area contributed by atoms with Crippen LogP contribution in [0.1, 0.15) is 13.8 Å². The maximum atomic E-state index is 5.98. The fourth-order valence-corrected chi connectivity index (χ4v) is 1.81. The van der Waals surface area contributed by atoms with Gasteiger partial charge >= 0.3 is 0 Å². The van der Waals surface area contributed by atoms with Gasteiger partial charge in [0.05, 0.1) is 11.1 Å². The largest absolute Gasteiger partial charge is 0.489 e. The van der Waals surface area contributed by atoms with Gasteiger partial charge in [-0.25, -0.2) is 0 Å². The molecule has 4 heteroatoms. The van der Waals surface area contributed by atoms with Crippen LogP contribution >= 0.6 is 39.1 Å². The predicted octanol–water partition coefficient (Wildman–Crippen LogP) is 4.54. The van der Waals surface area contributed by atoms with Crippen LogP contribution in [-0.4, -0.2) is 6.10 Å². The highest BCUT2D eigenvalue weighted by Gasteiger charge is 2.08. The highest BCUT2D eigenvalue weighted by atomic mass is 79.9. The molecule has 0 heterocycles. The average molecular weight is 284 g/mol. The van der Waals surface area contributed by atoms with Gasteiger partial charge in [-0.15, -0.1) is 0 Å². The molecule has 0 saturated carbocycles. The first kappa shape index (κ1) is 11.2. The Kier molecular flexibility index (Phi) is 3.89. The lowest BCUT2D eigenvalue weighted by Gasteiger charge is -2.12. The average Bonchev–Trinajstić information content (AvgIpc) is 1.98. The normalized spacial score (nSPS) is 10.6. The van der Waals surface area contributed by atoms with Gasteiger partial charge < -0.3 is 4.74 Å². The molecule has 0 radical (unpaired) electrons. The van der Waals surface area contributed by atoms with Gasteiger partial charge in [-0.2, -0.15) is 0 Å². The van der Waals surface area contributed by atoms with E-state index in [0.717, 1.165) is 4.47 Å². The van der Waals surface area contributed by atoms with E-state index in [-0.39, 0.29) is 6.10 Å². The second-order valence-electron chi connectivity index (χ2n) is 2.87. The molecule has 1 nitrogen and oxygen atoms in total. The van der Waals surface area contributed by atoms with Gasteiger partial charge in [0, 0.05) is 15.6 Å². The van der Waals surface area contributed by atoms with Crippen molar-refractivity contribution in [2.24, 2.45) is 0 Å². The van der Waals surface area contributed by atoms with Crippen molar-refractivity contribution in [2.45, 2.75) is 20.0 Å². The molecule has 0 aliphatic rings. The molecule has 1 aromatic carbocycles. The van der Waals surface area contributed by atoms with Gasteiger partial charge in [-0.05, 0) is 35.8 Å². The molecule has 0 fully saturated rings. The molecular formula is C9H9BrCl2O. The minimum absolute atomic E-state index is 0.0860. The van der Waals surface area contributed by atoms with Gasteiger partial charge in [0.1, 0.15) is 5.75 Å². The summed E-state index contributed by atoms with van der Waals surface area (Å²) >= 11 is 15.1. The van der Waals surface area contributed by atoms with E-state index in [9.17, 15) is 0 Å². The third-order valence-corrected chi connectivity index (χ3v) is 2.78. The summed E-state index contributed by atoms with van der Waals surface area (Å²) in [6.45, 7) is 3.87. The molecule has 0 aliphatic heterocycles. The number of ether oxygens (including phenoxy) is 1. The van der Waals surface area contributed by atoms with Gasteiger partial charge in [0.25, 0.3) is 0 Å². The summed E-state index contributed by atoms with van der Waals surface area (Å²) < 4.78 is 6.21. The standard InChI is InChI=1S/C9H9BrCl2O/c1-5(2)13-8-4-6(11)3-7(10)9(8)12/h3-5H,1-2H3. The molecule has 0 aromatic heterocycles. The summed E-state index contributed by atoms with van der Waals surface area (Å²) in [5.41, 5.74) is 0. The zero-order valence-electron chi connectivity index (χ0n) is 7.27. The van der Waals surface area contributed by atoms with Crippen LogP contribution in [0.4, 0.5) is 0 Å². The molecular weight excluding hydrogens is 275 g/mol. The van der Waals surface area contributed by atoms with Crippen LogP contribution in [0.3, 0.4) is 0 Å². The van der Waals surface area contributed by atoms with Crippen molar-refractivity contribution in [1.82, 2.24) is 0 Å². The molecule has 0 aliphatic carbocycles. The van der Waals surface area contributed by atoms with Crippen molar-refractivity contribution in [3.05, 3.63) is 26.7 Å². The minimum atomic E-state index is 0.0860. The second-order valence-corrected chi connectivity index (χ2v) is 4.54. The van der Waals surface area contributed by atoms with Crippen LogP contribution in [0.2, 0.25) is 10.0 Å². The van der Waals surface area contributed by atoms with Crippen molar-refractivity contribution < 1.29 is 4.74 Å². The van der Waals surface area contributed by atoms with Crippen molar-refractivity contribution in [1.29, 1.82) is 0 Å². The SMILES string of the molecule is CC(C)Oc1cc(Cl)cc(Br)c1Cl. The molecule has 0 amide bonds. The van der Waals surface area contributed by atoms with Crippen molar-refractivity contribution in [2.75, 3.05) is 0 Å².